The van der Waals surface area contributed by atoms with Crippen molar-refractivity contribution >= 4 is 45.3 Å². The minimum atomic E-state index is -0.0649. The average molecular weight is 389 g/mol. The maximum absolute atomic E-state index is 12.1. The van der Waals surface area contributed by atoms with E-state index in [4.69, 9.17) is 11.6 Å². The number of thiazole rings is 1. The Hall–Kier alpha value is -1.69. The quantitative estimate of drug-likeness (QED) is 0.633. The Balaban J connectivity index is 1.45. The number of thiophene rings is 1. The van der Waals surface area contributed by atoms with Crippen LogP contribution < -0.4 is 5.32 Å². The Kier molecular flexibility index (Phi) is 4.88. The molecule has 1 aliphatic rings. The fourth-order valence-electron chi connectivity index (χ4n) is 3.12. The van der Waals surface area contributed by atoms with Gasteiger partial charge in [0.15, 0.2) is 5.13 Å². The average Bonchev–Trinajstić information content (AvgIpc) is 3.23. The molecule has 0 bridgehead atoms. The van der Waals surface area contributed by atoms with Gasteiger partial charge in [0.1, 0.15) is 0 Å². The van der Waals surface area contributed by atoms with Gasteiger partial charge in [0.25, 0.3) is 0 Å². The summed E-state index contributed by atoms with van der Waals surface area (Å²) in [7, 11) is 0. The molecule has 1 N–H and O–H groups in total. The Bertz CT molecular complexity index is 916. The van der Waals surface area contributed by atoms with Gasteiger partial charge in [0, 0.05) is 15.8 Å². The molecular formula is C19H17ClN2OS2. The third-order valence-electron chi connectivity index (χ3n) is 4.36. The minimum Gasteiger partial charge on any atom is -0.302 e. The molecule has 3 aromatic rings. The highest BCUT2D eigenvalue weighted by atomic mass is 35.5. The van der Waals surface area contributed by atoms with Crippen LogP contribution in [0.4, 0.5) is 5.13 Å². The number of anilines is 1. The highest BCUT2D eigenvalue weighted by Crippen LogP contribution is 2.30. The summed E-state index contributed by atoms with van der Waals surface area (Å²) in [6, 6.07) is 10.3. The van der Waals surface area contributed by atoms with Crippen molar-refractivity contribution < 1.29 is 4.79 Å². The van der Waals surface area contributed by atoms with Gasteiger partial charge in [-0.2, -0.15) is 0 Å². The molecule has 25 heavy (non-hydrogen) atoms. The van der Waals surface area contributed by atoms with Gasteiger partial charge in [0.05, 0.1) is 16.5 Å². The summed E-state index contributed by atoms with van der Waals surface area (Å²) < 4.78 is 0.701. The van der Waals surface area contributed by atoms with Crippen LogP contribution in [0.25, 0.3) is 11.3 Å². The van der Waals surface area contributed by atoms with E-state index in [0.29, 0.717) is 15.9 Å². The number of benzene rings is 1. The van der Waals surface area contributed by atoms with Crippen LogP contribution in [-0.4, -0.2) is 10.9 Å². The van der Waals surface area contributed by atoms with E-state index in [1.54, 1.807) is 0 Å². The highest BCUT2D eigenvalue weighted by Gasteiger charge is 2.13. The van der Waals surface area contributed by atoms with E-state index in [2.05, 4.69) is 28.5 Å². The summed E-state index contributed by atoms with van der Waals surface area (Å²) in [6.45, 7) is 0. The van der Waals surface area contributed by atoms with Crippen molar-refractivity contribution in [2.75, 3.05) is 5.32 Å². The first-order valence-corrected chi connectivity index (χ1v) is 10.4. The first-order valence-electron chi connectivity index (χ1n) is 8.29. The summed E-state index contributed by atoms with van der Waals surface area (Å²) in [4.78, 5) is 17.7. The molecule has 4 rings (SSSR count). The molecule has 0 radical (unpaired) electrons. The minimum absolute atomic E-state index is 0.0649. The lowest BCUT2D eigenvalue weighted by atomic mass is 9.90. The molecule has 0 fully saturated rings. The molecule has 0 saturated heterocycles. The maximum atomic E-state index is 12.1. The molecule has 0 spiro atoms. The van der Waals surface area contributed by atoms with Crippen LogP contribution in [0.3, 0.4) is 0 Å². The highest BCUT2D eigenvalue weighted by molar-refractivity contribution is 7.16. The number of amides is 1. The largest absolute Gasteiger partial charge is 0.302 e. The van der Waals surface area contributed by atoms with Crippen molar-refractivity contribution in [3.63, 3.8) is 0 Å². The Morgan fingerprint density at radius 3 is 2.80 bits per heavy atom. The number of carbonyl (C=O) groups excluding carboxylic acids is 1. The summed E-state index contributed by atoms with van der Waals surface area (Å²) in [6.07, 6.45) is 5.21. The van der Waals surface area contributed by atoms with Gasteiger partial charge in [-0.3, -0.25) is 4.79 Å². The van der Waals surface area contributed by atoms with Crippen molar-refractivity contribution in [3.05, 3.63) is 56.1 Å². The third kappa shape index (κ3) is 3.94. The molecular weight excluding hydrogens is 372 g/mol. The number of nitrogens with one attached hydrogen (secondary N) is 1. The van der Waals surface area contributed by atoms with E-state index in [1.807, 2.05) is 17.5 Å². The second kappa shape index (κ2) is 7.28. The van der Waals surface area contributed by atoms with Gasteiger partial charge in [-0.1, -0.05) is 23.7 Å². The predicted octanol–water partition coefficient (Wildman–Crippen LogP) is 5.59. The predicted molar refractivity (Wildman–Crippen MR) is 106 cm³/mol. The van der Waals surface area contributed by atoms with Crippen LogP contribution in [0.1, 0.15) is 28.8 Å². The number of aryl methyl sites for hydroxylation is 2. The summed E-state index contributed by atoms with van der Waals surface area (Å²) in [5.74, 6) is -0.0649. The van der Waals surface area contributed by atoms with Crippen LogP contribution in [0.5, 0.6) is 0 Å². The van der Waals surface area contributed by atoms with Crippen molar-refractivity contribution in [1.29, 1.82) is 0 Å². The smallest absolute Gasteiger partial charge is 0.231 e. The number of rotatable bonds is 4. The summed E-state index contributed by atoms with van der Waals surface area (Å²) in [5.41, 5.74) is 4.96. The van der Waals surface area contributed by atoms with E-state index in [0.717, 1.165) is 22.6 Å². The SMILES string of the molecule is O=C(Cc1ccc(Cl)s1)Nc1nc(-c2ccc3c(c2)CCCC3)cs1. The van der Waals surface area contributed by atoms with Crippen molar-refractivity contribution in [2.24, 2.45) is 0 Å². The third-order valence-corrected chi connectivity index (χ3v) is 6.35. The number of halogens is 1. The monoisotopic (exact) mass is 388 g/mol. The molecule has 0 saturated carbocycles. The van der Waals surface area contributed by atoms with Gasteiger partial charge in [-0.15, -0.1) is 22.7 Å². The van der Waals surface area contributed by atoms with Crippen LogP contribution >= 0.6 is 34.3 Å². The fraction of sp³-hybridized carbons (Fsp3) is 0.263. The normalized spacial score (nSPS) is 13.5. The molecule has 6 heteroatoms. The van der Waals surface area contributed by atoms with E-state index < -0.39 is 0 Å². The molecule has 0 unspecified atom stereocenters. The lowest BCUT2D eigenvalue weighted by Crippen LogP contribution is -2.13. The Labute approximate surface area is 159 Å². The van der Waals surface area contributed by atoms with Crippen molar-refractivity contribution in [2.45, 2.75) is 32.1 Å². The fourth-order valence-corrected chi connectivity index (χ4v) is 4.95. The molecule has 128 valence electrons. The second-order valence-corrected chi connectivity index (χ2v) is 8.82. The molecule has 0 aliphatic heterocycles. The lowest BCUT2D eigenvalue weighted by Gasteiger charge is -2.16. The standard InChI is InChI=1S/C19H17ClN2OS2/c20-17-8-7-15(25-17)10-18(23)22-19-21-16(11-24-19)14-6-5-12-3-1-2-4-13(12)9-14/h5-9,11H,1-4,10H2,(H,21,22,23). The second-order valence-electron chi connectivity index (χ2n) is 6.16. The molecule has 0 atom stereocenters. The zero-order valence-corrected chi connectivity index (χ0v) is 15.9. The number of carbonyl (C=O) groups is 1. The van der Waals surface area contributed by atoms with Crippen LogP contribution in [0.2, 0.25) is 4.34 Å². The number of fused-ring (bicyclic) bond motifs is 1. The summed E-state index contributed by atoms with van der Waals surface area (Å²) in [5, 5.41) is 5.53. The Morgan fingerprint density at radius 2 is 2.00 bits per heavy atom. The topological polar surface area (TPSA) is 42.0 Å². The lowest BCUT2D eigenvalue weighted by molar-refractivity contribution is -0.115. The maximum Gasteiger partial charge on any atom is 0.231 e. The number of hydrogen-bond donors (Lipinski definition) is 1. The van der Waals surface area contributed by atoms with E-state index >= 15 is 0 Å². The van der Waals surface area contributed by atoms with Crippen molar-refractivity contribution in [3.8, 4) is 11.3 Å². The molecule has 1 aromatic carbocycles. The van der Waals surface area contributed by atoms with Crippen LogP contribution in [0.15, 0.2) is 35.7 Å². The van der Waals surface area contributed by atoms with Gasteiger partial charge >= 0.3 is 0 Å². The molecule has 3 nitrogen and oxygen atoms in total. The van der Waals surface area contributed by atoms with Gasteiger partial charge in [-0.05, 0) is 55.0 Å². The van der Waals surface area contributed by atoms with E-state index in [9.17, 15) is 4.79 Å². The zero-order chi connectivity index (χ0) is 17.2. The van der Waals surface area contributed by atoms with Gasteiger partial charge in [0.2, 0.25) is 5.91 Å². The van der Waals surface area contributed by atoms with E-state index in [-0.39, 0.29) is 5.91 Å². The molecule has 1 aliphatic carbocycles. The molecule has 2 heterocycles. The summed E-state index contributed by atoms with van der Waals surface area (Å²) >= 11 is 8.79. The van der Waals surface area contributed by atoms with Gasteiger partial charge in [-0.25, -0.2) is 4.98 Å². The number of hydrogen-bond acceptors (Lipinski definition) is 4. The number of nitrogens with zero attached hydrogens (tertiary/aromatic N) is 1. The van der Waals surface area contributed by atoms with Gasteiger partial charge < -0.3 is 5.32 Å². The van der Waals surface area contributed by atoms with Crippen LogP contribution in [-0.2, 0) is 24.1 Å². The molecule has 1 amide bonds. The molecule has 2 aromatic heterocycles. The zero-order valence-electron chi connectivity index (χ0n) is 13.5. The first kappa shape index (κ1) is 16.8. The van der Waals surface area contributed by atoms with Crippen LogP contribution in [0, 0.1) is 0 Å². The Morgan fingerprint density at radius 1 is 1.16 bits per heavy atom. The number of aromatic nitrogens is 1. The van der Waals surface area contributed by atoms with Crippen molar-refractivity contribution in [1.82, 2.24) is 4.98 Å². The first-order chi connectivity index (χ1) is 12.2. The van der Waals surface area contributed by atoms with E-state index in [1.165, 1.54) is 53.1 Å².